The van der Waals surface area contributed by atoms with Gasteiger partial charge in [-0.15, -0.1) is 0 Å². The number of carbonyl (C=O) groups excluding carboxylic acids is 1. The van der Waals surface area contributed by atoms with Crippen LogP contribution in [0.25, 0.3) is 0 Å². The van der Waals surface area contributed by atoms with Gasteiger partial charge < -0.3 is 10.6 Å². The fraction of sp³-hybridized carbons (Fsp3) is 0. The van der Waals surface area contributed by atoms with Gasteiger partial charge in [-0.2, -0.15) is 0 Å². The highest BCUT2D eigenvalue weighted by atomic mass is 19.1. The summed E-state index contributed by atoms with van der Waals surface area (Å²) in [5.74, 6) is -1.58. The topological polar surface area (TPSA) is 54.0 Å². The summed E-state index contributed by atoms with van der Waals surface area (Å²) >= 11 is 0. The molecule has 3 aromatic rings. The average molecular weight is 325 g/mol. The zero-order valence-corrected chi connectivity index (χ0v) is 12.5. The van der Waals surface area contributed by atoms with Crippen LogP contribution in [0, 0.1) is 11.6 Å². The van der Waals surface area contributed by atoms with E-state index in [-0.39, 0.29) is 11.6 Å². The number of pyridine rings is 1. The Morgan fingerprint density at radius 1 is 0.958 bits per heavy atom. The average Bonchev–Trinajstić information content (AvgIpc) is 2.60. The zero-order chi connectivity index (χ0) is 16.9. The Hall–Kier alpha value is -3.28. The normalized spacial score (nSPS) is 10.2. The summed E-state index contributed by atoms with van der Waals surface area (Å²) in [5, 5.41) is 5.59. The van der Waals surface area contributed by atoms with Crippen molar-refractivity contribution < 1.29 is 13.6 Å². The number of benzene rings is 2. The minimum absolute atomic E-state index is 0.170. The maximum absolute atomic E-state index is 13.6. The Kier molecular flexibility index (Phi) is 4.47. The lowest BCUT2D eigenvalue weighted by atomic mass is 10.2. The van der Waals surface area contributed by atoms with Gasteiger partial charge >= 0.3 is 0 Å². The van der Waals surface area contributed by atoms with Gasteiger partial charge in [0.25, 0.3) is 5.91 Å². The van der Waals surface area contributed by atoms with E-state index in [1.165, 1.54) is 18.3 Å². The van der Waals surface area contributed by atoms with Crippen molar-refractivity contribution in [2.75, 3.05) is 10.6 Å². The fourth-order valence-corrected chi connectivity index (χ4v) is 2.08. The minimum atomic E-state index is -0.677. The van der Waals surface area contributed by atoms with Crippen molar-refractivity contribution in [1.29, 1.82) is 0 Å². The molecule has 0 bridgehead atoms. The molecule has 0 aliphatic heterocycles. The third kappa shape index (κ3) is 3.73. The van der Waals surface area contributed by atoms with Crippen molar-refractivity contribution in [2.24, 2.45) is 0 Å². The standard InChI is InChI=1S/C18H13F2N3O/c19-13-3-8-17(16(20)10-13)22-14-4-6-15(7-5-14)23-18(24)12-2-1-9-21-11-12/h1-11,22H,(H,23,24). The molecule has 0 saturated heterocycles. The molecule has 0 radical (unpaired) electrons. The fourth-order valence-electron chi connectivity index (χ4n) is 2.08. The van der Waals surface area contributed by atoms with Crippen LogP contribution in [-0.4, -0.2) is 10.9 Å². The number of anilines is 3. The van der Waals surface area contributed by atoms with Gasteiger partial charge in [-0.1, -0.05) is 0 Å². The second kappa shape index (κ2) is 6.87. The molecular formula is C18H13F2N3O. The molecular weight excluding hydrogens is 312 g/mol. The Bertz CT molecular complexity index is 852. The number of nitrogens with zero attached hydrogens (tertiary/aromatic N) is 1. The molecule has 4 nitrogen and oxygen atoms in total. The number of nitrogens with one attached hydrogen (secondary N) is 2. The van der Waals surface area contributed by atoms with Gasteiger partial charge in [-0.05, 0) is 48.5 Å². The lowest BCUT2D eigenvalue weighted by Gasteiger charge is -2.09. The molecule has 0 atom stereocenters. The van der Waals surface area contributed by atoms with Crippen LogP contribution in [-0.2, 0) is 0 Å². The van der Waals surface area contributed by atoms with E-state index in [0.717, 1.165) is 6.07 Å². The molecule has 24 heavy (non-hydrogen) atoms. The number of aromatic nitrogens is 1. The zero-order valence-electron chi connectivity index (χ0n) is 12.5. The molecule has 1 amide bonds. The van der Waals surface area contributed by atoms with Gasteiger partial charge in [-0.3, -0.25) is 9.78 Å². The number of amides is 1. The number of hydrogen-bond donors (Lipinski definition) is 2. The van der Waals surface area contributed by atoms with E-state index in [4.69, 9.17) is 0 Å². The molecule has 120 valence electrons. The second-order valence-electron chi connectivity index (χ2n) is 5.02. The summed E-state index contributed by atoms with van der Waals surface area (Å²) in [6.45, 7) is 0. The first kappa shape index (κ1) is 15.6. The molecule has 0 fully saturated rings. The molecule has 0 unspecified atom stereocenters. The SMILES string of the molecule is O=C(Nc1ccc(Nc2ccc(F)cc2F)cc1)c1cccnc1. The quantitative estimate of drug-likeness (QED) is 0.749. The van der Waals surface area contributed by atoms with E-state index in [9.17, 15) is 13.6 Å². The lowest BCUT2D eigenvalue weighted by Crippen LogP contribution is -2.11. The monoisotopic (exact) mass is 325 g/mol. The summed E-state index contributed by atoms with van der Waals surface area (Å²) in [7, 11) is 0. The molecule has 6 heteroatoms. The van der Waals surface area contributed by atoms with Gasteiger partial charge in [0, 0.05) is 29.8 Å². The molecule has 0 aliphatic rings. The predicted octanol–water partition coefficient (Wildman–Crippen LogP) is 4.36. The van der Waals surface area contributed by atoms with E-state index in [1.54, 1.807) is 42.6 Å². The molecule has 0 saturated carbocycles. The predicted molar refractivity (Wildman–Crippen MR) is 88.3 cm³/mol. The number of hydrogen-bond acceptors (Lipinski definition) is 3. The lowest BCUT2D eigenvalue weighted by molar-refractivity contribution is 0.102. The van der Waals surface area contributed by atoms with Crippen LogP contribution in [0.3, 0.4) is 0 Å². The molecule has 0 spiro atoms. The molecule has 3 rings (SSSR count). The Balaban J connectivity index is 1.68. The highest BCUT2D eigenvalue weighted by Crippen LogP contribution is 2.22. The molecule has 2 N–H and O–H groups in total. The van der Waals surface area contributed by atoms with Crippen LogP contribution < -0.4 is 10.6 Å². The summed E-state index contributed by atoms with van der Waals surface area (Å²) in [5.41, 5.74) is 1.82. The highest BCUT2D eigenvalue weighted by molar-refractivity contribution is 6.04. The van der Waals surface area contributed by atoms with E-state index < -0.39 is 11.6 Å². The van der Waals surface area contributed by atoms with E-state index in [2.05, 4.69) is 15.6 Å². The Morgan fingerprint density at radius 2 is 1.71 bits per heavy atom. The van der Waals surface area contributed by atoms with Crippen molar-refractivity contribution >= 4 is 23.0 Å². The first-order valence-corrected chi connectivity index (χ1v) is 7.15. The first-order valence-electron chi connectivity index (χ1n) is 7.15. The first-order chi connectivity index (χ1) is 11.6. The van der Waals surface area contributed by atoms with Crippen molar-refractivity contribution in [1.82, 2.24) is 4.98 Å². The van der Waals surface area contributed by atoms with Gasteiger partial charge in [0.2, 0.25) is 0 Å². The maximum Gasteiger partial charge on any atom is 0.257 e. The highest BCUT2D eigenvalue weighted by Gasteiger charge is 2.07. The Labute approximate surface area is 137 Å². The summed E-state index contributed by atoms with van der Waals surface area (Å²) in [4.78, 5) is 15.9. The molecule has 0 aliphatic carbocycles. The van der Waals surface area contributed by atoms with Crippen molar-refractivity contribution in [3.8, 4) is 0 Å². The van der Waals surface area contributed by atoms with Gasteiger partial charge in [0.05, 0.1) is 11.3 Å². The van der Waals surface area contributed by atoms with Crippen LogP contribution in [0.5, 0.6) is 0 Å². The molecule has 2 aromatic carbocycles. The molecule has 1 heterocycles. The third-order valence-corrected chi connectivity index (χ3v) is 3.28. The molecule has 1 aromatic heterocycles. The summed E-state index contributed by atoms with van der Waals surface area (Å²) in [6, 6.07) is 13.4. The van der Waals surface area contributed by atoms with Crippen molar-refractivity contribution in [3.63, 3.8) is 0 Å². The van der Waals surface area contributed by atoms with Crippen molar-refractivity contribution in [3.05, 3.63) is 84.2 Å². The van der Waals surface area contributed by atoms with E-state index in [0.29, 0.717) is 16.9 Å². The Morgan fingerprint density at radius 3 is 2.38 bits per heavy atom. The smallest absolute Gasteiger partial charge is 0.257 e. The second-order valence-corrected chi connectivity index (χ2v) is 5.02. The van der Waals surface area contributed by atoms with Crippen LogP contribution >= 0.6 is 0 Å². The maximum atomic E-state index is 13.6. The third-order valence-electron chi connectivity index (χ3n) is 3.28. The van der Waals surface area contributed by atoms with E-state index in [1.807, 2.05) is 0 Å². The van der Waals surface area contributed by atoms with Crippen LogP contribution in [0.15, 0.2) is 67.0 Å². The summed E-state index contributed by atoms with van der Waals surface area (Å²) < 4.78 is 26.5. The van der Waals surface area contributed by atoms with Gasteiger partial charge in [-0.25, -0.2) is 8.78 Å². The van der Waals surface area contributed by atoms with E-state index >= 15 is 0 Å². The van der Waals surface area contributed by atoms with Crippen LogP contribution in [0.1, 0.15) is 10.4 Å². The van der Waals surface area contributed by atoms with Crippen LogP contribution in [0.4, 0.5) is 25.8 Å². The van der Waals surface area contributed by atoms with Crippen molar-refractivity contribution in [2.45, 2.75) is 0 Å². The number of halogens is 2. The van der Waals surface area contributed by atoms with Gasteiger partial charge in [0.1, 0.15) is 11.6 Å². The van der Waals surface area contributed by atoms with Crippen LogP contribution in [0.2, 0.25) is 0 Å². The largest absolute Gasteiger partial charge is 0.353 e. The number of carbonyl (C=O) groups is 1. The number of rotatable bonds is 4. The minimum Gasteiger partial charge on any atom is -0.353 e. The summed E-state index contributed by atoms with van der Waals surface area (Å²) in [6.07, 6.45) is 3.06. The van der Waals surface area contributed by atoms with Gasteiger partial charge in [0.15, 0.2) is 0 Å².